The summed E-state index contributed by atoms with van der Waals surface area (Å²) in [6, 6.07) is 22.0. The largest absolute Gasteiger partial charge is 0.375 e. The molecule has 0 bridgehead atoms. The molecule has 0 aromatic heterocycles. The minimum atomic E-state index is -1.24. The second-order valence-electron chi connectivity index (χ2n) is 15.5. The molecule has 59 heavy (non-hydrogen) atoms. The van der Waals surface area contributed by atoms with E-state index in [0.29, 0.717) is 13.0 Å². The first-order valence-electron chi connectivity index (χ1n) is 20.1. The van der Waals surface area contributed by atoms with Crippen LogP contribution in [0, 0.1) is 11.8 Å². The van der Waals surface area contributed by atoms with Crippen molar-refractivity contribution in [3.63, 3.8) is 0 Å². The summed E-state index contributed by atoms with van der Waals surface area (Å²) >= 11 is 0. The number of carbonyl (C=O) groups excluding carboxylic acids is 7. The van der Waals surface area contributed by atoms with E-state index in [4.69, 9.17) is 4.74 Å². The Morgan fingerprint density at radius 3 is 1.56 bits per heavy atom. The summed E-state index contributed by atoms with van der Waals surface area (Å²) in [4.78, 5) is 92.6. The van der Waals surface area contributed by atoms with Gasteiger partial charge in [-0.05, 0) is 55.2 Å². The van der Waals surface area contributed by atoms with Gasteiger partial charge in [-0.25, -0.2) is 0 Å². The Morgan fingerprint density at radius 1 is 0.525 bits per heavy atom. The molecule has 14 nitrogen and oxygen atoms in total. The zero-order valence-corrected chi connectivity index (χ0v) is 35.1. The zero-order valence-electron chi connectivity index (χ0n) is 35.1. The number of hydrogen-bond donors (Lipinski definition) is 6. The highest BCUT2D eigenvalue weighted by molar-refractivity contribution is 6.38. The molecular weight excluding hydrogens is 753 g/mol. The Balaban J connectivity index is 1.73. The molecule has 0 heterocycles. The fourth-order valence-electron chi connectivity index (χ4n) is 6.26. The summed E-state index contributed by atoms with van der Waals surface area (Å²) in [6.45, 7) is 11.8. The molecule has 0 fully saturated rings. The lowest BCUT2D eigenvalue weighted by Crippen LogP contribution is -2.60. The Kier molecular flexibility index (Phi) is 19.4. The predicted octanol–water partition coefficient (Wildman–Crippen LogP) is 2.93. The van der Waals surface area contributed by atoms with E-state index in [1.54, 1.807) is 38.1 Å². The van der Waals surface area contributed by atoms with E-state index in [9.17, 15) is 33.6 Å². The van der Waals surface area contributed by atoms with E-state index in [0.717, 1.165) is 16.7 Å². The fraction of sp³-hybridized carbons (Fsp3) is 0.444. The Morgan fingerprint density at radius 2 is 1.03 bits per heavy atom. The van der Waals surface area contributed by atoms with Crippen molar-refractivity contribution in [2.45, 2.75) is 111 Å². The number of Topliss-reactive ketones (excluding diaryl/α,β-unsaturated/α-hetero) is 1. The van der Waals surface area contributed by atoms with Crippen LogP contribution < -0.4 is 31.9 Å². The predicted molar refractivity (Wildman–Crippen MR) is 224 cm³/mol. The Labute approximate surface area is 347 Å². The minimum absolute atomic E-state index is 0.0593. The molecule has 0 spiro atoms. The molecule has 3 aromatic carbocycles. The molecular formula is C45H60N6O8. The van der Waals surface area contributed by atoms with Crippen molar-refractivity contribution in [1.82, 2.24) is 31.9 Å². The number of ketones is 1. The molecule has 0 aliphatic rings. The fourth-order valence-corrected chi connectivity index (χ4v) is 6.26. The van der Waals surface area contributed by atoms with Gasteiger partial charge in [-0.3, -0.25) is 33.6 Å². The third-order valence-corrected chi connectivity index (χ3v) is 9.38. The van der Waals surface area contributed by atoms with Gasteiger partial charge in [0.2, 0.25) is 35.3 Å². The molecule has 0 unspecified atom stereocenters. The molecule has 0 radical (unpaired) electrons. The van der Waals surface area contributed by atoms with Crippen molar-refractivity contribution in [3.05, 3.63) is 108 Å². The number of nitrogens with one attached hydrogen (secondary N) is 6. The van der Waals surface area contributed by atoms with E-state index in [1.165, 1.54) is 20.8 Å². The highest BCUT2D eigenvalue weighted by atomic mass is 16.5. The van der Waals surface area contributed by atoms with Crippen LogP contribution in [0.3, 0.4) is 0 Å². The van der Waals surface area contributed by atoms with Crippen LogP contribution in [-0.4, -0.2) is 84.1 Å². The molecule has 0 saturated carbocycles. The quantitative estimate of drug-likeness (QED) is 0.0786. The highest BCUT2D eigenvalue weighted by Gasteiger charge is 2.33. The summed E-state index contributed by atoms with van der Waals surface area (Å²) < 4.78 is 5.91. The highest BCUT2D eigenvalue weighted by Crippen LogP contribution is 2.11. The maximum absolute atomic E-state index is 14.0. The molecule has 0 saturated heterocycles. The van der Waals surface area contributed by atoms with E-state index in [-0.39, 0.29) is 25.4 Å². The third kappa shape index (κ3) is 16.9. The van der Waals surface area contributed by atoms with Gasteiger partial charge < -0.3 is 36.6 Å². The summed E-state index contributed by atoms with van der Waals surface area (Å²) in [5.74, 6) is -5.21. The number of ether oxygens (including phenoxy) is 1. The van der Waals surface area contributed by atoms with E-state index >= 15 is 0 Å². The number of benzene rings is 3. The van der Waals surface area contributed by atoms with Crippen LogP contribution in [-0.2, 0) is 57.7 Å². The van der Waals surface area contributed by atoms with Crippen LogP contribution in [0.5, 0.6) is 0 Å². The van der Waals surface area contributed by atoms with Gasteiger partial charge in [0.1, 0.15) is 24.2 Å². The van der Waals surface area contributed by atoms with Crippen molar-refractivity contribution >= 4 is 41.2 Å². The van der Waals surface area contributed by atoms with Crippen LogP contribution in [0.4, 0.5) is 0 Å². The molecule has 3 rings (SSSR count). The monoisotopic (exact) mass is 812 g/mol. The van der Waals surface area contributed by atoms with Crippen LogP contribution in [0.25, 0.3) is 0 Å². The molecule has 6 N–H and O–H groups in total. The van der Waals surface area contributed by atoms with E-state index < -0.39 is 83.4 Å². The van der Waals surface area contributed by atoms with Gasteiger partial charge in [0.25, 0.3) is 5.91 Å². The van der Waals surface area contributed by atoms with Gasteiger partial charge in [-0.1, -0.05) is 119 Å². The molecule has 0 aliphatic carbocycles. The summed E-state index contributed by atoms with van der Waals surface area (Å²) in [5, 5.41) is 16.1. The van der Waals surface area contributed by atoms with Crippen LogP contribution in [0.1, 0.15) is 71.6 Å². The molecule has 3 aromatic rings. The van der Waals surface area contributed by atoms with Crippen molar-refractivity contribution in [3.8, 4) is 0 Å². The lowest BCUT2D eigenvalue weighted by molar-refractivity contribution is -0.141. The molecule has 14 heteroatoms. The normalized spacial score (nSPS) is 14.1. The van der Waals surface area contributed by atoms with E-state index in [2.05, 4.69) is 31.9 Å². The number of hydrogen-bond acceptors (Lipinski definition) is 8. The SMILES string of the molecule is CC(=O)N[C@@H](C)C(=O)N[C@H](C(=O)N[C@@H](Cc1ccccc1)C(=O)N[C@@H](CC(C)C)C(=O)N[C@@H](C)C(=O)C(=O)N[C@H](COCc1ccccc1)Cc1ccccc1)C(C)C. The summed E-state index contributed by atoms with van der Waals surface area (Å²) in [6.07, 6.45) is 0.642. The van der Waals surface area contributed by atoms with Crippen molar-refractivity contribution in [1.29, 1.82) is 0 Å². The van der Waals surface area contributed by atoms with Crippen LogP contribution in [0.15, 0.2) is 91.0 Å². The smallest absolute Gasteiger partial charge is 0.289 e. The van der Waals surface area contributed by atoms with Gasteiger partial charge in [-0.15, -0.1) is 0 Å². The minimum Gasteiger partial charge on any atom is -0.375 e. The van der Waals surface area contributed by atoms with E-state index in [1.807, 2.05) is 80.6 Å². The number of amides is 6. The maximum Gasteiger partial charge on any atom is 0.289 e. The lowest BCUT2D eigenvalue weighted by atomic mass is 9.99. The topological polar surface area (TPSA) is 201 Å². The number of carbonyl (C=O) groups is 7. The molecule has 6 atom stereocenters. The average molecular weight is 813 g/mol. The molecule has 6 amide bonds. The van der Waals surface area contributed by atoms with Crippen LogP contribution in [0.2, 0.25) is 0 Å². The van der Waals surface area contributed by atoms with Gasteiger partial charge in [0.15, 0.2) is 0 Å². The third-order valence-electron chi connectivity index (χ3n) is 9.38. The second-order valence-corrected chi connectivity index (χ2v) is 15.5. The first-order chi connectivity index (χ1) is 28.0. The second kappa shape index (κ2) is 24.1. The Bertz CT molecular complexity index is 1840. The summed E-state index contributed by atoms with van der Waals surface area (Å²) in [5.41, 5.74) is 2.62. The average Bonchev–Trinajstić information content (AvgIpc) is 3.19. The van der Waals surface area contributed by atoms with Crippen LogP contribution >= 0.6 is 0 Å². The van der Waals surface area contributed by atoms with Gasteiger partial charge in [0.05, 0.1) is 25.3 Å². The molecule has 318 valence electrons. The summed E-state index contributed by atoms with van der Waals surface area (Å²) in [7, 11) is 0. The van der Waals surface area contributed by atoms with Gasteiger partial charge >= 0.3 is 0 Å². The number of rotatable bonds is 23. The zero-order chi connectivity index (χ0) is 43.5. The van der Waals surface area contributed by atoms with Gasteiger partial charge in [0, 0.05) is 13.3 Å². The first kappa shape index (κ1) is 47.5. The molecule has 0 aliphatic heterocycles. The van der Waals surface area contributed by atoms with Crippen molar-refractivity contribution < 1.29 is 38.3 Å². The van der Waals surface area contributed by atoms with Crippen molar-refractivity contribution in [2.24, 2.45) is 11.8 Å². The lowest BCUT2D eigenvalue weighted by Gasteiger charge is -2.28. The standard InChI is InChI=1S/C45H60N6O8/c1-28(2)23-37(49-43(56)38(25-34-19-13-9-14-20-34)50-44(57)39(29(3)4)51-41(54)31(6)46-32(7)52)42(55)47-30(5)40(53)45(58)48-36(24-33-17-11-8-12-18-33)27-59-26-35-21-15-10-16-22-35/h8-22,28-31,36-39H,23-27H2,1-7H3,(H,46,52)(H,47,55)(H,48,58)(H,49,56)(H,50,57)(H,51,54)/t30-,31-,36-,37-,38-,39-/m0/s1. The maximum atomic E-state index is 14.0. The Hall–Kier alpha value is -5.89. The van der Waals surface area contributed by atoms with Gasteiger partial charge in [-0.2, -0.15) is 0 Å². The first-order valence-corrected chi connectivity index (χ1v) is 20.1. The van der Waals surface area contributed by atoms with Crippen molar-refractivity contribution in [2.75, 3.05) is 6.61 Å².